The van der Waals surface area contributed by atoms with Gasteiger partial charge in [-0.2, -0.15) is 0 Å². The zero-order valence-electron chi connectivity index (χ0n) is 16.0. The average Bonchev–Trinajstić information content (AvgIpc) is 3.16. The SMILES string of the molecule is Cc1ccc(-c2nc(C)c(C(=O)N3CCCC3C(=O)NC3CC3)s2)c(C)c1. The predicted octanol–water partition coefficient (Wildman–Crippen LogP) is 3.62. The molecule has 1 saturated carbocycles. The number of hydrogen-bond donors (Lipinski definition) is 1. The number of rotatable bonds is 4. The first-order valence-electron chi connectivity index (χ1n) is 9.60. The van der Waals surface area contributed by atoms with Gasteiger partial charge >= 0.3 is 0 Å². The van der Waals surface area contributed by atoms with Crippen LogP contribution in [0, 0.1) is 20.8 Å². The number of benzene rings is 1. The fourth-order valence-corrected chi connectivity index (χ4v) is 4.81. The second-order valence-electron chi connectivity index (χ2n) is 7.69. The van der Waals surface area contributed by atoms with E-state index in [0.717, 1.165) is 47.5 Å². The van der Waals surface area contributed by atoms with E-state index in [-0.39, 0.29) is 17.9 Å². The van der Waals surface area contributed by atoms with E-state index >= 15 is 0 Å². The van der Waals surface area contributed by atoms with Crippen molar-refractivity contribution in [1.82, 2.24) is 15.2 Å². The topological polar surface area (TPSA) is 62.3 Å². The van der Waals surface area contributed by atoms with E-state index in [0.29, 0.717) is 17.5 Å². The fourth-order valence-electron chi connectivity index (χ4n) is 3.70. The molecule has 1 N–H and O–H groups in total. The minimum absolute atomic E-state index is 0.000112. The van der Waals surface area contributed by atoms with Gasteiger partial charge in [-0.3, -0.25) is 9.59 Å². The largest absolute Gasteiger partial charge is 0.352 e. The number of hydrogen-bond acceptors (Lipinski definition) is 4. The molecule has 1 aromatic carbocycles. The van der Waals surface area contributed by atoms with Crippen molar-refractivity contribution in [1.29, 1.82) is 0 Å². The highest BCUT2D eigenvalue weighted by Gasteiger charge is 2.37. The van der Waals surface area contributed by atoms with Gasteiger partial charge in [0.1, 0.15) is 15.9 Å². The smallest absolute Gasteiger partial charge is 0.266 e. The average molecular weight is 384 g/mol. The first-order valence-corrected chi connectivity index (χ1v) is 10.4. The van der Waals surface area contributed by atoms with Gasteiger partial charge in [-0.1, -0.05) is 23.8 Å². The van der Waals surface area contributed by atoms with Gasteiger partial charge in [0.15, 0.2) is 0 Å². The van der Waals surface area contributed by atoms with Crippen LogP contribution in [0.15, 0.2) is 18.2 Å². The third-order valence-electron chi connectivity index (χ3n) is 5.34. The predicted molar refractivity (Wildman–Crippen MR) is 107 cm³/mol. The van der Waals surface area contributed by atoms with Crippen LogP contribution in [0.1, 0.15) is 52.2 Å². The molecule has 1 aromatic heterocycles. The summed E-state index contributed by atoms with van der Waals surface area (Å²) in [6.45, 7) is 6.65. The summed E-state index contributed by atoms with van der Waals surface area (Å²) in [5.74, 6) is -0.0606. The number of thiazole rings is 1. The first-order chi connectivity index (χ1) is 12.9. The van der Waals surface area contributed by atoms with Crippen molar-refractivity contribution in [2.45, 2.75) is 58.5 Å². The molecule has 1 aliphatic heterocycles. The summed E-state index contributed by atoms with van der Waals surface area (Å²) < 4.78 is 0. The molecule has 2 aromatic rings. The monoisotopic (exact) mass is 383 g/mol. The molecule has 5 nitrogen and oxygen atoms in total. The second kappa shape index (κ2) is 7.08. The summed E-state index contributed by atoms with van der Waals surface area (Å²) in [4.78, 5) is 32.7. The molecule has 2 amide bonds. The van der Waals surface area contributed by atoms with E-state index in [1.54, 1.807) is 4.90 Å². The Balaban J connectivity index is 1.58. The summed E-state index contributed by atoms with van der Waals surface area (Å²) in [5, 5.41) is 3.91. The highest BCUT2D eigenvalue weighted by atomic mass is 32.1. The third-order valence-corrected chi connectivity index (χ3v) is 6.52. The molecule has 4 rings (SSSR count). The van der Waals surface area contributed by atoms with Gasteiger partial charge in [0.25, 0.3) is 5.91 Å². The Morgan fingerprint density at radius 1 is 1.19 bits per heavy atom. The molecular weight excluding hydrogens is 358 g/mol. The van der Waals surface area contributed by atoms with Crippen molar-refractivity contribution in [3.05, 3.63) is 39.9 Å². The van der Waals surface area contributed by atoms with Crippen molar-refractivity contribution >= 4 is 23.2 Å². The van der Waals surface area contributed by atoms with Crippen LogP contribution in [-0.4, -0.2) is 40.3 Å². The van der Waals surface area contributed by atoms with Crippen molar-refractivity contribution in [3.8, 4) is 10.6 Å². The number of aryl methyl sites for hydroxylation is 3. The molecule has 6 heteroatoms. The van der Waals surface area contributed by atoms with Gasteiger partial charge in [0.05, 0.1) is 5.69 Å². The normalized spacial score (nSPS) is 19.4. The lowest BCUT2D eigenvalue weighted by molar-refractivity contribution is -0.125. The van der Waals surface area contributed by atoms with E-state index in [2.05, 4.69) is 42.3 Å². The van der Waals surface area contributed by atoms with Crippen molar-refractivity contribution < 1.29 is 9.59 Å². The van der Waals surface area contributed by atoms with Crippen LogP contribution in [0.2, 0.25) is 0 Å². The van der Waals surface area contributed by atoms with Crippen molar-refractivity contribution in [2.24, 2.45) is 0 Å². The number of carbonyl (C=O) groups is 2. The molecule has 1 atom stereocenters. The van der Waals surface area contributed by atoms with Gasteiger partial charge in [-0.05, 0) is 52.0 Å². The Bertz CT molecular complexity index is 901. The molecular formula is C21H25N3O2S. The Hall–Kier alpha value is -2.21. The highest BCUT2D eigenvalue weighted by Crippen LogP contribution is 2.33. The maximum Gasteiger partial charge on any atom is 0.266 e. The first kappa shape index (κ1) is 18.2. The Morgan fingerprint density at radius 3 is 2.67 bits per heavy atom. The molecule has 0 bridgehead atoms. The van der Waals surface area contributed by atoms with E-state index in [4.69, 9.17) is 0 Å². The summed E-state index contributed by atoms with van der Waals surface area (Å²) in [6, 6.07) is 6.24. The van der Waals surface area contributed by atoms with Crippen LogP contribution in [0.25, 0.3) is 10.6 Å². The van der Waals surface area contributed by atoms with E-state index in [1.165, 1.54) is 16.9 Å². The molecule has 2 fully saturated rings. The lowest BCUT2D eigenvalue weighted by Gasteiger charge is -2.23. The minimum Gasteiger partial charge on any atom is -0.352 e. The van der Waals surface area contributed by atoms with Crippen LogP contribution in [-0.2, 0) is 4.79 Å². The number of nitrogens with zero attached hydrogens (tertiary/aromatic N) is 2. The van der Waals surface area contributed by atoms with Gasteiger partial charge < -0.3 is 10.2 Å². The molecule has 0 spiro atoms. The quantitative estimate of drug-likeness (QED) is 0.877. The van der Waals surface area contributed by atoms with Gasteiger partial charge in [-0.25, -0.2) is 4.98 Å². The zero-order chi connectivity index (χ0) is 19.1. The Morgan fingerprint density at radius 2 is 1.96 bits per heavy atom. The maximum absolute atomic E-state index is 13.2. The minimum atomic E-state index is -0.343. The van der Waals surface area contributed by atoms with Gasteiger partial charge in [0, 0.05) is 18.2 Å². The third kappa shape index (κ3) is 3.63. The van der Waals surface area contributed by atoms with Crippen LogP contribution < -0.4 is 5.32 Å². The van der Waals surface area contributed by atoms with Crippen LogP contribution in [0.5, 0.6) is 0 Å². The van der Waals surface area contributed by atoms with Gasteiger partial charge in [-0.15, -0.1) is 11.3 Å². The van der Waals surface area contributed by atoms with Crippen molar-refractivity contribution in [3.63, 3.8) is 0 Å². The summed E-state index contributed by atoms with van der Waals surface area (Å²) in [6.07, 6.45) is 3.72. The molecule has 1 unspecified atom stereocenters. The zero-order valence-corrected chi connectivity index (χ0v) is 16.9. The number of likely N-dealkylation sites (tertiary alicyclic amines) is 1. The molecule has 0 radical (unpaired) electrons. The van der Waals surface area contributed by atoms with Crippen LogP contribution in [0.4, 0.5) is 0 Å². The Labute approximate surface area is 163 Å². The van der Waals surface area contributed by atoms with E-state index in [9.17, 15) is 9.59 Å². The fraction of sp³-hybridized carbons (Fsp3) is 0.476. The van der Waals surface area contributed by atoms with Crippen LogP contribution >= 0.6 is 11.3 Å². The second-order valence-corrected chi connectivity index (χ2v) is 8.69. The summed E-state index contributed by atoms with van der Waals surface area (Å²) >= 11 is 1.43. The Kier molecular flexibility index (Phi) is 4.76. The van der Waals surface area contributed by atoms with E-state index < -0.39 is 0 Å². The lowest BCUT2D eigenvalue weighted by atomic mass is 10.1. The molecule has 1 saturated heterocycles. The van der Waals surface area contributed by atoms with Gasteiger partial charge in [0.2, 0.25) is 5.91 Å². The number of amides is 2. The molecule has 1 aliphatic carbocycles. The van der Waals surface area contributed by atoms with Crippen LogP contribution in [0.3, 0.4) is 0 Å². The number of nitrogens with one attached hydrogen (secondary N) is 1. The highest BCUT2D eigenvalue weighted by molar-refractivity contribution is 7.17. The number of aromatic nitrogens is 1. The lowest BCUT2D eigenvalue weighted by Crippen LogP contribution is -2.46. The van der Waals surface area contributed by atoms with Crippen molar-refractivity contribution in [2.75, 3.05) is 6.54 Å². The standard InChI is InChI=1S/C21H25N3O2S/c1-12-6-9-16(13(2)11-12)20-22-14(3)18(27-20)21(26)24-10-4-5-17(24)19(25)23-15-7-8-15/h6,9,11,15,17H,4-5,7-8,10H2,1-3H3,(H,23,25). The number of carbonyl (C=O) groups excluding carboxylic acids is 2. The molecule has 142 valence electrons. The molecule has 2 aliphatic rings. The molecule has 2 heterocycles. The van der Waals surface area contributed by atoms with E-state index in [1.807, 2.05) is 6.92 Å². The maximum atomic E-state index is 13.2. The molecule has 27 heavy (non-hydrogen) atoms. The summed E-state index contributed by atoms with van der Waals surface area (Å²) in [5.41, 5.74) is 4.18. The summed E-state index contributed by atoms with van der Waals surface area (Å²) in [7, 11) is 0.